The summed E-state index contributed by atoms with van der Waals surface area (Å²) in [4.78, 5) is 21.1. The predicted octanol–water partition coefficient (Wildman–Crippen LogP) is 2.52. The molecular formula is C10H10ClNO4. The lowest BCUT2D eigenvalue weighted by atomic mass is 10.3. The average Bonchev–Trinajstić information content (AvgIpc) is 2.26. The van der Waals surface area contributed by atoms with Crippen LogP contribution in [0.25, 0.3) is 0 Å². The van der Waals surface area contributed by atoms with Gasteiger partial charge in [0.25, 0.3) is 5.69 Å². The molecule has 1 aromatic rings. The Hall–Kier alpha value is -1.62. The molecule has 5 nitrogen and oxygen atoms in total. The Morgan fingerprint density at radius 3 is 2.88 bits per heavy atom. The largest absolute Gasteiger partial charge is 0.426 e. The maximum atomic E-state index is 11.2. The number of hydrogen-bond acceptors (Lipinski definition) is 4. The van der Waals surface area contributed by atoms with Gasteiger partial charge in [0.05, 0.1) is 11.0 Å². The van der Waals surface area contributed by atoms with Gasteiger partial charge in [-0.3, -0.25) is 14.9 Å². The fourth-order valence-electron chi connectivity index (χ4n) is 1.05. The molecule has 0 unspecified atom stereocenters. The van der Waals surface area contributed by atoms with Gasteiger partial charge < -0.3 is 4.74 Å². The van der Waals surface area contributed by atoms with E-state index in [2.05, 4.69) is 0 Å². The van der Waals surface area contributed by atoms with Crippen LogP contribution in [0.3, 0.4) is 0 Å². The lowest BCUT2D eigenvalue weighted by Gasteiger charge is -2.02. The lowest BCUT2D eigenvalue weighted by molar-refractivity contribution is -0.384. The molecule has 6 heteroatoms. The summed E-state index contributed by atoms with van der Waals surface area (Å²) in [5, 5.41) is 10.5. The van der Waals surface area contributed by atoms with Crippen molar-refractivity contribution in [2.75, 3.05) is 5.88 Å². The molecule has 0 heterocycles. The van der Waals surface area contributed by atoms with Crippen molar-refractivity contribution >= 4 is 23.3 Å². The number of nitro benzene ring substituents is 1. The molecule has 0 aliphatic rings. The summed E-state index contributed by atoms with van der Waals surface area (Å²) >= 11 is 5.42. The Kier molecular flexibility index (Phi) is 4.72. The number of ether oxygens (including phenoxy) is 1. The molecule has 0 radical (unpaired) electrons. The minimum Gasteiger partial charge on any atom is -0.426 e. The summed E-state index contributed by atoms with van der Waals surface area (Å²) < 4.78 is 4.91. The number of rotatable bonds is 5. The zero-order chi connectivity index (χ0) is 12.0. The third kappa shape index (κ3) is 3.86. The second kappa shape index (κ2) is 6.07. The highest BCUT2D eigenvalue weighted by Crippen LogP contribution is 2.19. The highest BCUT2D eigenvalue weighted by atomic mass is 35.5. The van der Waals surface area contributed by atoms with E-state index in [1.54, 1.807) is 0 Å². The van der Waals surface area contributed by atoms with E-state index in [1.807, 2.05) is 0 Å². The van der Waals surface area contributed by atoms with Gasteiger partial charge >= 0.3 is 5.97 Å². The van der Waals surface area contributed by atoms with Crippen LogP contribution in [0.1, 0.15) is 12.8 Å². The third-order valence-corrected chi connectivity index (χ3v) is 2.04. The van der Waals surface area contributed by atoms with E-state index in [9.17, 15) is 14.9 Å². The first-order valence-corrected chi connectivity index (χ1v) is 5.18. The summed E-state index contributed by atoms with van der Waals surface area (Å²) in [5.41, 5.74) is -0.109. The Bertz CT molecular complexity index is 394. The van der Waals surface area contributed by atoms with Gasteiger partial charge in [-0.25, -0.2) is 0 Å². The van der Waals surface area contributed by atoms with E-state index < -0.39 is 10.9 Å². The van der Waals surface area contributed by atoms with Crippen molar-refractivity contribution in [3.63, 3.8) is 0 Å². The second-order valence-corrected chi connectivity index (χ2v) is 3.40. The maximum Gasteiger partial charge on any atom is 0.311 e. The van der Waals surface area contributed by atoms with Crippen LogP contribution in [0.15, 0.2) is 24.3 Å². The fourth-order valence-corrected chi connectivity index (χ4v) is 1.19. The minimum atomic E-state index is -0.546. The van der Waals surface area contributed by atoms with Crippen LogP contribution >= 0.6 is 11.6 Å². The number of nitrogens with zero attached hydrogens (tertiary/aromatic N) is 1. The minimum absolute atomic E-state index is 0.109. The van der Waals surface area contributed by atoms with Crippen molar-refractivity contribution < 1.29 is 14.5 Å². The van der Waals surface area contributed by atoms with Crippen LogP contribution < -0.4 is 4.74 Å². The summed E-state index contributed by atoms with van der Waals surface area (Å²) in [6.45, 7) is 0. The SMILES string of the molecule is O=C(CCCCl)Oc1cccc([N+](=O)[O-])c1. The van der Waals surface area contributed by atoms with Crippen molar-refractivity contribution in [3.8, 4) is 5.75 Å². The number of non-ortho nitro benzene ring substituents is 1. The number of nitro groups is 1. The molecule has 0 aliphatic heterocycles. The van der Waals surface area contributed by atoms with E-state index in [4.69, 9.17) is 16.3 Å². The number of carbonyl (C=O) groups is 1. The molecule has 16 heavy (non-hydrogen) atoms. The van der Waals surface area contributed by atoms with Crippen molar-refractivity contribution in [3.05, 3.63) is 34.4 Å². The van der Waals surface area contributed by atoms with Crippen molar-refractivity contribution in [2.45, 2.75) is 12.8 Å². The first-order valence-electron chi connectivity index (χ1n) is 4.64. The van der Waals surface area contributed by atoms with E-state index >= 15 is 0 Å². The van der Waals surface area contributed by atoms with Gasteiger partial charge in [-0.2, -0.15) is 0 Å². The number of benzene rings is 1. The number of carbonyl (C=O) groups excluding carboxylic acids is 1. The molecule has 0 spiro atoms. The van der Waals surface area contributed by atoms with Gasteiger partial charge in [0.15, 0.2) is 0 Å². The number of esters is 1. The molecule has 1 aromatic carbocycles. The van der Waals surface area contributed by atoms with Gasteiger partial charge in [0.2, 0.25) is 0 Å². The van der Waals surface area contributed by atoms with Crippen molar-refractivity contribution in [2.24, 2.45) is 0 Å². The average molecular weight is 244 g/mol. The summed E-state index contributed by atoms with van der Waals surface area (Å²) in [6.07, 6.45) is 0.724. The highest BCUT2D eigenvalue weighted by molar-refractivity contribution is 6.17. The molecule has 0 amide bonds. The Morgan fingerprint density at radius 1 is 1.50 bits per heavy atom. The fraction of sp³-hybridized carbons (Fsp3) is 0.300. The molecule has 86 valence electrons. The molecule has 1 rings (SSSR count). The van der Waals surface area contributed by atoms with E-state index in [-0.39, 0.29) is 17.9 Å². The molecular weight excluding hydrogens is 234 g/mol. The lowest BCUT2D eigenvalue weighted by Crippen LogP contribution is -2.07. The van der Waals surface area contributed by atoms with Gasteiger partial charge in [-0.05, 0) is 12.5 Å². The molecule has 0 atom stereocenters. The summed E-state index contributed by atoms with van der Waals surface area (Å²) in [6, 6.07) is 5.49. The monoisotopic (exact) mass is 243 g/mol. The van der Waals surface area contributed by atoms with Gasteiger partial charge in [0.1, 0.15) is 5.75 Å². The zero-order valence-electron chi connectivity index (χ0n) is 8.39. The first-order chi connectivity index (χ1) is 7.63. The molecule has 0 aliphatic carbocycles. The standard InChI is InChI=1S/C10H10ClNO4/c11-6-2-5-10(13)16-9-4-1-3-8(7-9)12(14)15/h1,3-4,7H,2,5-6H2. The van der Waals surface area contributed by atoms with Crippen LogP contribution in [0.2, 0.25) is 0 Å². The quantitative estimate of drug-likeness (QED) is 0.262. The molecule has 0 bridgehead atoms. The van der Waals surface area contributed by atoms with Crippen molar-refractivity contribution in [1.82, 2.24) is 0 Å². The van der Waals surface area contributed by atoms with E-state index in [1.165, 1.54) is 24.3 Å². The van der Waals surface area contributed by atoms with Crippen LogP contribution in [-0.2, 0) is 4.79 Å². The Balaban J connectivity index is 2.63. The van der Waals surface area contributed by atoms with E-state index in [0.717, 1.165) is 0 Å². The van der Waals surface area contributed by atoms with Crippen LogP contribution in [0, 0.1) is 10.1 Å². The first kappa shape index (κ1) is 12.4. The topological polar surface area (TPSA) is 69.4 Å². The third-order valence-electron chi connectivity index (χ3n) is 1.77. The molecule has 0 N–H and O–H groups in total. The number of hydrogen-bond donors (Lipinski definition) is 0. The highest BCUT2D eigenvalue weighted by Gasteiger charge is 2.09. The van der Waals surface area contributed by atoms with Gasteiger partial charge in [0, 0.05) is 18.4 Å². The van der Waals surface area contributed by atoms with Crippen LogP contribution in [-0.4, -0.2) is 16.8 Å². The summed E-state index contributed by atoms with van der Waals surface area (Å²) in [5.74, 6) is 0.110. The zero-order valence-corrected chi connectivity index (χ0v) is 9.14. The van der Waals surface area contributed by atoms with Crippen LogP contribution in [0.4, 0.5) is 5.69 Å². The second-order valence-electron chi connectivity index (χ2n) is 3.02. The molecule has 0 fully saturated rings. The Morgan fingerprint density at radius 2 is 2.25 bits per heavy atom. The number of halogens is 1. The van der Waals surface area contributed by atoms with Gasteiger partial charge in [-0.1, -0.05) is 6.07 Å². The summed E-state index contributed by atoms with van der Waals surface area (Å²) in [7, 11) is 0. The smallest absolute Gasteiger partial charge is 0.311 e. The predicted molar refractivity (Wildman–Crippen MR) is 58.7 cm³/mol. The molecule has 0 saturated heterocycles. The normalized spacial score (nSPS) is 9.81. The van der Waals surface area contributed by atoms with E-state index in [0.29, 0.717) is 12.3 Å². The van der Waals surface area contributed by atoms with Crippen molar-refractivity contribution in [1.29, 1.82) is 0 Å². The Labute approximate surface area is 97.1 Å². The maximum absolute atomic E-state index is 11.2. The number of alkyl halides is 1. The van der Waals surface area contributed by atoms with Gasteiger partial charge in [-0.15, -0.1) is 11.6 Å². The molecule has 0 saturated carbocycles. The molecule has 0 aromatic heterocycles. The van der Waals surface area contributed by atoms with Crippen LogP contribution in [0.5, 0.6) is 5.75 Å².